The number of nitrogens with two attached hydrogens (primary N) is 1. The van der Waals surface area contributed by atoms with Crippen molar-refractivity contribution in [1.82, 2.24) is 0 Å². The molecular formula is C6H13NO2S. The van der Waals surface area contributed by atoms with Crippen LogP contribution in [0.1, 0.15) is 25.7 Å². The molecule has 0 bridgehead atoms. The fourth-order valence-electron chi connectivity index (χ4n) is 1.38. The van der Waals surface area contributed by atoms with Crippen LogP contribution in [0.15, 0.2) is 0 Å². The van der Waals surface area contributed by atoms with Crippen LogP contribution in [0.4, 0.5) is 0 Å². The van der Waals surface area contributed by atoms with Crippen molar-refractivity contribution in [3.05, 3.63) is 0 Å². The summed E-state index contributed by atoms with van der Waals surface area (Å²) in [6.45, 7) is 0. The minimum Gasteiger partial charge on any atom is -0.327 e. The summed E-state index contributed by atoms with van der Waals surface area (Å²) in [5.41, 5.74) is 5.63. The summed E-state index contributed by atoms with van der Waals surface area (Å²) in [6.07, 6.45) is 3.86. The Labute approximate surface area is 63.3 Å². The Morgan fingerprint density at radius 3 is 2.40 bits per heavy atom. The van der Waals surface area contributed by atoms with Crippen LogP contribution >= 0.6 is 0 Å². The van der Waals surface area contributed by atoms with Crippen LogP contribution in [-0.2, 0) is 11.1 Å². The zero-order chi connectivity index (χ0) is 7.56. The minimum atomic E-state index is -1.71. The summed E-state index contributed by atoms with van der Waals surface area (Å²) >= 11 is -1.71. The van der Waals surface area contributed by atoms with Crippen molar-refractivity contribution in [3.63, 3.8) is 0 Å². The molecule has 1 fully saturated rings. The van der Waals surface area contributed by atoms with Gasteiger partial charge in [-0.05, 0) is 12.8 Å². The first-order valence-corrected chi connectivity index (χ1v) is 4.74. The van der Waals surface area contributed by atoms with Crippen LogP contribution in [0.25, 0.3) is 0 Å². The van der Waals surface area contributed by atoms with Crippen LogP contribution in [-0.4, -0.2) is 20.1 Å². The molecule has 0 spiro atoms. The van der Waals surface area contributed by atoms with Crippen molar-refractivity contribution in [3.8, 4) is 0 Å². The molecule has 1 unspecified atom stereocenters. The van der Waals surface area contributed by atoms with Crippen LogP contribution in [0, 0.1) is 0 Å². The van der Waals surface area contributed by atoms with E-state index in [1.54, 1.807) is 0 Å². The van der Waals surface area contributed by atoms with E-state index >= 15 is 0 Å². The second-order valence-electron chi connectivity index (χ2n) is 2.76. The Balaban J connectivity index is 2.47. The molecule has 0 saturated heterocycles. The van der Waals surface area contributed by atoms with E-state index in [9.17, 15) is 4.21 Å². The fourth-order valence-corrected chi connectivity index (χ4v) is 2.18. The largest absolute Gasteiger partial charge is 0.327 e. The maximum atomic E-state index is 10.6. The molecule has 0 aromatic carbocycles. The monoisotopic (exact) mass is 163 g/mol. The van der Waals surface area contributed by atoms with Gasteiger partial charge >= 0.3 is 0 Å². The third kappa shape index (κ3) is 1.78. The second kappa shape index (κ2) is 3.46. The lowest BCUT2D eigenvalue weighted by molar-refractivity contribution is 0.424. The van der Waals surface area contributed by atoms with Gasteiger partial charge in [0, 0.05) is 6.04 Å². The third-order valence-corrected chi connectivity index (χ3v) is 3.12. The standard InChI is InChI=1S/C6H13NO2S/c7-5-3-1-2-4-6(5)10(8)9/h5-6H,1-4,7H2,(H,8,9)/t5-,6+/m0/s1. The topological polar surface area (TPSA) is 63.3 Å². The van der Waals surface area contributed by atoms with E-state index in [1.165, 1.54) is 0 Å². The van der Waals surface area contributed by atoms with Crippen molar-refractivity contribution in [2.75, 3.05) is 0 Å². The van der Waals surface area contributed by atoms with Gasteiger partial charge in [-0.1, -0.05) is 12.8 Å². The van der Waals surface area contributed by atoms with E-state index < -0.39 is 11.1 Å². The van der Waals surface area contributed by atoms with Gasteiger partial charge in [0.25, 0.3) is 0 Å². The Kier molecular flexibility index (Phi) is 2.82. The van der Waals surface area contributed by atoms with Crippen LogP contribution < -0.4 is 5.73 Å². The normalized spacial score (nSPS) is 37.4. The summed E-state index contributed by atoms with van der Waals surface area (Å²) in [5, 5.41) is -0.172. The Morgan fingerprint density at radius 2 is 2.00 bits per heavy atom. The summed E-state index contributed by atoms with van der Waals surface area (Å²) in [6, 6.07) is -0.0559. The highest BCUT2D eigenvalue weighted by atomic mass is 32.2. The molecule has 3 atom stereocenters. The van der Waals surface area contributed by atoms with Gasteiger partial charge in [-0.15, -0.1) is 0 Å². The summed E-state index contributed by atoms with van der Waals surface area (Å²) in [4.78, 5) is 0. The zero-order valence-corrected chi connectivity index (χ0v) is 6.64. The van der Waals surface area contributed by atoms with Crippen molar-refractivity contribution >= 4 is 11.1 Å². The molecule has 0 aromatic rings. The highest BCUT2D eigenvalue weighted by molar-refractivity contribution is 7.80. The molecular weight excluding hydrogens is 150 g/mol. The molecule has 60 valence electrons. The van der Waals surface area contributed by atoms with Gasteiger partial charge in [0.2, 0.25) is 0 Å². The van der Waals surface area contributed by atoms with Gasteiger partial charge < -0.3 is 10.3 Å². The third-order valence-electron chi connectivity index (χ3n) is 2.01. The zero-order valence-electron chi connectivity index (χ0n) is 5.82. The molecule has 4 heteroatoms. The van der Waals surface area contributed by atoms with Gasteiger partial charge in [0.1, 0.15) is 0 Å². The Morgan fingerprint density at radius 1 is 1.40 bits per heavy atom. The van der Waals surface area contributed by atoms with Gasteiger partial charge in [-0.3, -0.25) is 0 Å². The number of rotatable bonds is 1. The van der Waals surface area contributed by atoms with Gasteiger partial charge in [-0.2, -0.15) is 0 Å². The summed E-state index contributed by atoms with van der Waals surface area (Å²) in [7, 11) is 0. The van der Waals surface area contributed by atoms with E-state index in [4.69, 9.17) is 10.3 Å². The molecule has 0 aliphatic heterocycles. The molecule has 10 heavy (non-hydrogen) atoms. The lowest BCUT2D eigenvalue weighted by atomic mass is 9.96. The molecule has 0 radical (unpaired) electrons. The van der Waals surface area contributed by atoms with Gasteiger partial charge in [0.05, 0.1) is 5.25 Å². The Bertz CT molecular complexity index is 140. The predicted octanol–water partition coefficient (Wildman–Crippen LogP) is 0.478. The highest BCUT2D eigenvalue weighted by Crippen LogP contribution is 2.20. The summed E-state index contributed by atoms with van der Waals surface area (Å²) in [5.74, 6) is 0. The quantitative estimate of drug-likeness (QED) is 0.552. The van der Waals surface area contributed by atoms with E-state index in [2.05, 4.69) is 0 Å². The highest BCUT2D eigenvalue weighted by Gasteiger charge is 2.25. The Hall–Kier alpha value is 0.0700. The van der Waals surface area contributed by atoms with Crippen molar-refractivity contribution in [1.29, 1.82) is 0 Å². The average molecular weight is 163 g/mol. The molecule has 0 heterocycles. The predicted molar refractivity (Wildman–Crippen MR) is 41.0 cm³/mol. The van der Waals surface area contributed by atoms with E-state index in [-0.39, 0.29) is 11.3 Å². The number of hydrogen-bond donors (Lipinski definition) is 2. The van der Waals surface area contributed by atoms with Gasteiger partial charge in [-0.25, -0.2) is 4.21 Å². The first-order chi connectivity index (χ1) is 4.72. The maximum Gasteiger partial charge on any atom is 0.157 e. The maximum absolute atomic E-state index is 10.6. The molecule has 1 aliphatic rings. The van der Waals surface area contributed by atoms with E-state index in [1.807, 2.05) is 0 Å². The first kappa shape index (κ1) is 8.17. The lowest BCUT2D eigenvalue weighted by Gasteiger charge is -2.24. The molecule has 1 rings (SSSR count). The molecule has 0 aromatic heterocycles. The van der Waals surface area contributed by atoms with Gasteiger partial charge in [0.15, 0.2) is 11.1 Å². The van der Waals surface area contributed by atoms with Crippen LogP contribution in [0.2, 0.25) is 0 Å². The van der Waals surface area contributed by atoms with Crippen molar-refractivity contribution in [2.45, 2.75) is 37.0 Å². The average Bonchev–Trinajstić information content (AvgIpc) is 1.88. The molecule has 0 amide bonds. The number of hydrogen-bond acceptors (Lipinski definition) is 2. The van der Waals surface area contributed by atoms with Crippen LogP contribution in [0.5, 0.6) is 0 Å². The fraction of sp³-hybridized carbons (Fsp3) is 1.00. The molecule has 3 nitrogen and oxygen atoms in total. The lowest BCUT2D eigenvalue weighted by Crippen LogP contribution is -2.40. The summed E-state index contributed by atoms with van der Waals surface area (Å²) < 4.78 is 19.3. The smallest absolute Gasteiger partial charge is 0.157 e. The molecule has 1 aliphatic carbocycles. The van der Waals surface area contributed by atoms with Crippen molar-refractivity contribution < 1.29 is 8.76 Å². The second-order valence-corrected chi connectivity index (χ2v) is 3.92. The van der Waals surface area contributed by atoms with Crippen molar-refractivity contribution in [2.24, 2.45) is 5.73 Å². The van der Waals surface area contributed by atoms with E-state index in [0.29, 0.717) is 0 Å². The SMILES string of the molecule is N[C@H]1CCCC[C@H]1S(=O)O. The van der Waals surface area contributed by atoms with Crippen LogP contribution in [0.3, 0.4) is 0 Å². The molecule has 1 saturated carbocycles. The van der Waals surface area contributed by atoms with E-state index in [0.717, 1.165) is 25.7 Å². The molecule has 3 N–H and O–H groups in total. The minimum absolute atomic E-state index is 0.0559. The first-order valence-electron chi connectivity index (χ1n) is 3.57.